The van der Waals surface area contributed by atoms with Crippen molar-refractivity contribution in [2.24, 2.45) is 5.92 Å². The van der Waals surface area contributed by atoms with Gasteiger partial charge >= 0.3 is 0 Å². The summed E-state index contributed by atoms with van der Waals surface area (Å²) in [7, 11) is 0. The molecule has 6 aromatic rings. The molecule has 10 rings (SSSR count). The molecule has 0 amide bonds. The Morgan fingerprint density at radius 1 is 0.525 bits per heavy atom. The van der Waals surface area contributed by atoms with Crippen LogP contribution in [0.4, 0.5) is 17.1 Å². The molecule has 2 unspecified atom stereocenters. The van der Waals surface area contributed by atoms with Gasteiger partial charge in [-0.05, 0) is 125 Å². The predicted octanol–water partition coefficient (Wildman–Crippen LogP) is 15.1. The lowest BCUT2D eigenvalue weighted by molar-refractivity contribution is 0.392. The third kappa shape index (κ3) is 6.93. The first kappa shape index (κ1) is 36.7. The van der Waals surface area contributed by atoms with Gasteiger partial charge in [0.2, 0.25) is 0 Å². The zero-order valence-electron chi connectivity index (χ0n) is 34.0. The summed E-state index contributed by atoms with van der Waals surface area (Å²) < 4.78 is 0. The molecule has 0 N–H and O–H groups in total. The van der Waals surface area contributed by atoms with Crippen molar-refractivity contribution in [1.29, 1.82) is 0 Å². The van der Waals surface area contributed by atoms with Gasteiger partial charge in [-0.25, -0.2) is 0 Å². The second-order valence-electron chi connectivity index (χ2n) is 16.8. The molecular formula is C57H50N2. The fraction of sp³-hybridized carbons (Fsp3) is 0.158. The quantitative estimate of drug-likeness (QED) is 0.145. The van der Waals surface area contributed by atoms with E-state index in [1.165, 1.54) is 73.0 Å². The minimum Gasteiger partial charge on any atom is -0.315 e. The summed E-state index contributed by atoms with van der Waals surface area (Å²) in [6.45, 7) is 4.84. The normalized spacial score (nSPS) is 18.8. The molecule has 2 heteroatoms. The summed E-state index contributed by atoms with van der Waals surface area (Å²) in [5.74, 6) is 0.827. The van der Waals surface area contributed by atoms with Crippen LogP contribution in [0.3, 0.4) is 0 Å². The second-order valence-corrected chi connectivity index (χ2v) is 16.8. The maximum atomic E-state index is 2.55. The maximum Gasteiger partial charge on any atom is 0.0539 e. The lowest BCUT2D eigenvalue weighted by Crippen LogP contribution is -2.29. The highest BCUT2D eigenvalue weighted by Crippen LogP contribution is 2.54. The number of benzene rings is 6. The van der Waals surface area contributed by atoms with E-state index in [1.807, 2.05) is 0 Å². The fourth-order valence-corrected chi connectivity index (χ4v) is 9.84. The van der Waals surface area contributed by atoms with Crippen LogP contribution in [0.2, 0.25) is 0 Å². The van der Waals surface area contributed by atoms with Crippen LogP contribution in [-0.2, 0) is 5.41 Å². The number of fused-ring (bicyclic) bond motifs is 3. The molecule has 0 aliphatic heterocycles. The Kier molecular flexibility index (Phi) is 9.70. The summed E-state index contributed by atoms with van der Waals surface area (Å²) >= 11 is 0. The van der Waals surface area contributed by atoms with Gasteiger partial charge in [0.15, 0.2) is 0 Å². The molecule has 0 spiro atoms. The van der Waals surface area contributed by atoms with Gasteiger partial charge in [0.05, 0.1) is 5.69 Å². The van der Waals surface area contributed by atoms with Gasteiger partial charge in [0, 0.05) is 39.9 Å². The fourth-order valence-electron chi connectivity index (χ4n) is 9.84. The summed E-state index contributed by atoms with van der Waals surface area (Å²) in [5, 5.41) is 0. The Bertz CT molecular complexity index is 2670. The first-order chi connectivity index (χ1) is 29.0. The van der Waals surface area contributed by atoms with Gasteiger partial charge in [-0.3, -0.25) is 0 Å². The standard InChI is InChI=1S/C57H50N2/c1-57(2)54-24-14-12-23-52(54)53-39-38-50(40-55(53)57)58(46-18-8-4-9-19-46)48-34-30-44(31-35-48)42-26-28-45(29-27-42)51-22-13-15-25-56(51)59(47-20-10-5-11-21-47)49-36-32-43(33-37-49)41-16-6-3-7-17-41/h3-4,6-10,12-30,32-34,36-40,53,55H,5,11,31,35H2,1-2H3. The average Bonchev–Trinajstić information content (AvgIpc) is 3.53. The van der Waals surface area contributed by atoms with Crippen LogP contribution in [0.25, 0.3) is 27.8 Å². The van der Waals surface area contributed by atoms with Gasteiger partial charge in [0.25, 0.3) is 0 Å². The topological polar surface area (TPSA) is 6.48 Å². The van der Waals surface area contributed by atoms with Crippen molar-refractivity contribution in [2.75, 3.05) is 9.80 Å². The molecule has 2 nitrogen and oxygen atoms in total. The molecule has 4 aliphatic carbocycles. The van der Waals surface area contributed by atoms with Gasteiger partial charge in [-0.2, -0.15) is 0 Å². The zero-order valence-corrected chi connectivity index (χ0v) is 34.0. The van der Waals surface area contributed by atoms with E-state index in [9.17, 15) is 0 Å². The molecule has 6 aromatic carbocycles. The minimum atomic E-state index is 0.0664. The van der Waals surface area contributed by atoms with E-state index in [0.29, 0.717) is 11.8 Å². The molecule has 4 aliphatic rings. The molecule has 59 heavy (non-hydrogen) atoms. The number of nitrogens with zero attached hydrogens (tertiary/aromatic N) is 2. The SMILES string of the molecule is CC1(C)c2ccccc2C2C=CC(N(C3=CC=C(c4ccc(-c5ccccc5N(C5=CCCC=C5)c5ccc(-c6ccccc6)cc5)cc4)CC3)c3ccccc3)=CC21. The van der Waals surface area contributed by atoms with E-state index in [1.54, 1.807) is 0 Å². The number of allylic oxidation sites excluding steroid dienone is 10. The van der Waals surface area contributed by atoms with Crippen molar-refractivity contribution in [2.45, 2.75) is 50.9 Å². The van der Waals surface area contributed by atoms with Crippen molar-refractivity contribution >= 4 is 22.6 Å². The molecule has 0 bridgehead atoms. The Hall–Kier alpha value is -6.64. The average molecular weight is 763 g/mol. The van der Waals surface area contributed by atoms with Crippen molar-refractivity contribution in [3.63, 3.8) is 0 Å². The van der Waals surface area contributed by atoms with E-state index in [-0.39, 0.29) is 5.41 Å². The molecule has 2 atom stereocenters. The molecule has 0 fully saturated rings. The van der Waals surface area contributed by atoms with Crippen molar-refractivity contribution in [3.05, 3.63) is 240 Å². The minimum absolute atomic E-state index is 0.0664. The Balaban J connectivity index is 0.943. The van der Waals surface area contributed by atoms with E-state index in [0.717, 1.165) is 31.4 Å². The van der Waals surface area contributed by atoms with Crippen LogP contribution in [0.5, 0.6) is 0 Å². The monoisotopic (exact) mass is 762 g/mol. The summed E-state index contributed by atoms with van der Waals surface area (Å²) in [6, 6.07) is 57.7. The van der Waals surface area contributed by atoms with E-state index in [4.69, 9.17) is 0 Å². The molecule has 0 heterocycles. The molecule has 0 aromatic heterocycles. The number of hydrogen-bond donors (Lipinski definition) is 0. The molecule has 0 saturated heterocycles. The van der Waals surface area contributed by atoms with Gasteiger partial charge < -0.3 is 9.80 Å². The number of anilines is 3. The van der Waals surface area contributed by atoms with E-state index >= 15 is 0 Å². The summed E-state index contributed by atoms with van der Waals surface area (Å²) in [4.78, 5) is 4.92. The molecule has 288 valence electrons. The summed E-state index contributed by atoms with van der Waals surface area (Å²) in [5.41, 5.74) is 17.9. The molecular weight excluding hydrogens is 713 g/mol. The van der Waals surface area contributed by atoms with Crippen LogP contribution in [0.1, 0.15) is 62.1 Å². The summed E-state index contributed by atoms with van der Waals surface area (Å²) in [6.07, 6.45) is 23.1. The first-order valence-corrected chi connectivity index (χ1v) is 21.3. The van der Waals surface area contributed by atoms with Crippen LogP contribution in [0.15, 0.2) is 223 Å². The van der Waals surface area contributed by atoms with Crippen LogP contribution in [0, 0.1) is 5.92 Å². The second kappa shape index (κ2) is 15.6. The lowest BCUT2D eigenvalue weighted by atomic mass is 9.74. The molecule has 0 radical (unpaired) electrons. The van der Waals surface area contributed by atoms with Gasteiger partial charge in [0.1, 0.15) is 0 Å². The molecule has 0 saturated carbocycles. The Morgan fingerprint density at radius 2 is 1.19 bits per heavy atom. The van der Waals surface area contributed by atoms with Crippen LogP contribution < -0.4 is 9.80 Å². The van der Waals surface area contributed by atoms with Crippen molar-refractivity contribution < 1.29 is 0 Å². The highest BCUT2D eigenvalue weighted by molar-refractivity contribution is 5.86. The third-order valence-electron chi connectivity index (χ3n) is 12.9. The Labute approximate surface area is 350 Å². The third-order valence-corrected chi connectivity index (χ3v) is 12.9. The number of rotatable bonds is 9. The van der Waals surface area contributed by atoms with E-state index < -0.39 is 0 Å². The van der Waals surface area contributed by atoms with E-state index in [2.05, 4.69) is 230 Å². The number of hydrogen-bond acceptors (Lipinski definition) is 2. The Morgan fingerprint density at radius 3 is 1.93 bits per heavy atom. The highest BCUT2D eigenvalue weighted by Gasteiger charge is 2.45. The van der Waals surface area contributed by atoms with Crippen molar-refractivity contribution in [1.82, 2.24) is 0 Å². The highest BCUT2D eigenvalue weighted by atomic mass is 15.2. The maximum absolute atomic E-state index is 2.55. The van der Waals surface area contributed by atoms with Gasteiger partial charge in [-0.15, -0.1) is 0 Å². The largest absolute Gasteiger partial charge is 0.315 e. The zero-order chi connectivity index (χ0) is 39.8. The number of para-hydroxylation sites is 2. The smallest absolute Gasteiger partial charge is 0.0539 e. The lowest BCUT2D eigenvalue weighted by Gasteiger charge is -2.36. The van der Waals surface area contributed by atoms with Crippen LogP contribution in [-0.4, -0.2) is 0 Å². The van der Waals surface area contributed by atoms with Crippen LogP contribution >= 0.6 is 0 Å². The first-order valence-electron chi connectivity index (χ1n) is 21.3. The van der Waals surface area contributed by atoms with Crippen molar-refractivity contribution in [3.8, 4) is 22.3 Å². The predicted molar refractivity (Wildman–Crippen MR) is 249 cm³/mol. The van der Waals surface area contributed by atoms with Gasteiger partial charge in [-0.1, -0.05) is 172 Å².